The number of aromatic nitrogens is 3. The maximum Gasteiger partial charge on any atom is 0.459 e. The van der Waals surface area contributed by atoms with Crippen molar-refractivity contribution in [1.82, 2.24) is 19.7 Å². The number of aliphatic hydroxyl groups is 2. The van der Waals surface area contributed by atoms with Gasteiger partial charge < -0.3 is 29.9 Å². The van der Waals surface area contributed by atoms with Crippen LogP contribution in [0.15, 0.2) is 48.8 Å². The van der Waals surface area contributed by atoms with Crippen LogP contribution in [0, 0.1) is 0 Å². The van der Waals surface area contributed by atoms with Crippen molar-refractivity contribution in [2.75, 3.05) is 12.3 Å². The standard InChI is InChI=1S/C26H34N5O8P/c1-16(2)37-24(34)26(12-7-13-26)30-40(35,39-17-8-5-4-6-9-17)36-14-25(3)22(33)20(32)21(38-25)18-10-11-19-23(27)28-15-29-31(18)19/h4-6,8-11,15-16,20-22,32-33H,7,12-14H2,1-3H3,(H,30,35)(H2,27,28,29)/t20-,21-,22-,25+,40?/m0/s1. The van der Waals surface area contributed by atoms with E-state index in [1.807, 2.05) is 0 Å². The van der Waals surface area contributed by atoms with E-state index < -0.39 is 49.8 Å². The lowest BCUT2D eigenvalue weighted by Crippen LogP contribution is -2.57. The number of para-hydroxylation sites is 1. The summed E-state index contributed by atoms with van der Waals surface area (Å²) in [6, 6.07) is 11.7. The number of hydrogen-bond acceptors (Lipinski definition) is 11. The van der Waals surface area contributed by atoms with Gasteiger partial charge in [-0.15, -0.1) is 0 Å². The molecule has 0 spiro atoms. The number of carbonyl (C=O) groups excluding carboxylic acids is 1. The second-order valence-electron chi connectivity index (χ2n) is 10.7. The number of nitrogens with one attached hydrogen (secondary N) is 1. The van der Waals surface area contributed by atoms with Gasteiger partial charge in [0.25, 0.3) is 0 Å². The highest BCUT2D eigenvalue weighted by Crippen LogP contribution is 2.52. The van der Waals surface area contributed by atoms with Crippen molar-refractivity contribution in [3.63, 3.8) is 0 Å². The molecular formula is C26H34N5O8P. The minimum atomic E-state index is -4.26. The van der Waals surface area contributed by atoms with E-state index in [1.165, 1.54) is 17.8 Å². The van der Waals surface area contributed by atoms with E-state index in [9.17, 15) is 19.6 Å². The molecule has 0 amide bonds. The highest BCUT2D eigenvalue weighted by atomic mass is 31.2. The van der Waals surface area contributed by atoms with Gasteiger partial charge >= 0.3 is 13.7 Å². The Morgan fingerprint density at radius 2 is 1.98 bits per heavy atom. The van der Waals surface area contributed by atoms with Crippen LogP contribution >= 0.6 is 7.75 Å². The molecule has 3 heterocycles. The van der Waals surface area contributed by atoms with Crippen molar-refractivity contribution in [3.8, 4) is 5.75 Å². The number of nitrogen functional groups attached to an aromatic ring is 1. The summed E-state index contributed by atoms with van der Waals surface area (Å²) in [4.78, 5) is 16.9. The number of carbonyl (C=O) groups is 1. The van der Waals surface area contributed by atoms with Crippen molar-refractivity contribution in [1.29, 1.82) is 0 Å². The molecule has 5 N–H and O–H groups in total. The van der Waals surface area contributed by atoms with Crippen LogP contribution in [-0.4, -0.2) is 66.8 Å². The number of anilines is 1. The molecular weight excluding hydrogens is 541 g/mol. The van der Waals surface area contributed by atoms with E-state index in [0.29, 0.717) is 24.1 Å². The van der Waals surface area contributed by atoms with Gasteiger partial charge in [-0.05, 0) is 64.3 Å². The number of fused-ring (bicyclic) bond motifs is 1. The molecule has 1 aliphatic carbocycles. The Kier molecular flexibility index (Phi) is 7.64. The fourth-order valence-electron chi connectivity index (χ4n) is 4.90. The number of ether oxygens (including phenoxy) is 2. The van der Waals surface area contributed by atoms with Crippen molar-refractivity contribution in [3.05, 3.63) is 54.5 Å². The molecule has 2 fully saturated rings. The maximum atomic E-state index is 14.2. The second kappa shape index (κ2) is 10.7. The Morgan fingerprint density at radius 3 is 2.62 bits per heavy atom. The number of aliphatic hydroxyl groups excluding tert-OH is 2. The van der Waals surface area contributed by atoms with Crippen LogP contribution in [0.3, 0.4) is 0 Å². The SMILES string of the molecule is CC(C)OC(=O)C1(NP(=O)(OC[C@@]2(C)O[C@@H](c3ccc4c(N)ncnn34)[C@H](O)[C@@H]2O)Oc2ccccc2)CCC1. The summed E-state index contributed by atoms with van der Waals surface area (Å²) in [6.45, 7) is 4.54. The van der Waals surface area contributed by atoms with E-state index >= 15 is 0 Å². The molecule has 13 nitrogen and oxygen atoms in total. The normalized spacial score (nSPS) is 27.3. The monoisotopic (exact) mass is 575 g/mol. The van der Waals surface area contributed by atoms with Crippen LogP contribution in [0.1, 0.15) is 51.8 Å². The fraction of sp³-hybridized carbons (Fsp3) is 0.500. The van der Waals surface area contributed by atoms with Crippen LogP contribution in [0.2, 0.25) is 0 Å². The Bertz CT molecular complexity index is 1410. The molecule has 14 heteroatoms. The third kappa shape index (κ3) is 5.32. The molecule has 0 radical (unpaired) electrons. The molecule has 216 valence electrons. The first-order chi connectivity index (χ1) is 19.0. The number of rotatable bonds is 10. The lowest BCUT2D eigenvalue weighted by molar-refractivity contribution is -0.159. The number of esters is 1. The van der Waals surface area contributed by atoms with Crippen LogP contribution in [-0.2, 0) is 23.4 Å². The summed E-state index contributed by atoms with van der Waals surface area (Å²) in [5, 5.41) is 29.0. The summed E-state index contributed by atoms with van der Waals surface area (Å²) in [5.74, 6) is -0.0567. The Labute approximate surface area is 231 Å². The Balaban J connectivity index is 1.39. The highest BCUT2D eigenvalue weighted by Gasteiger charge is 2.56. The minimum Gasteiger partial charge on any atom is -0.462 e. The van der Waals surface area contributed by atoms with E-state index in [2.05, 4.69) is 15.2 Å². The molecule has 5 atom stereocenters. The minimum absolute atomic E-state index is 0.242. The zero-order chi connectivity index (χ0) is 28.7. The van der Waals surface area contributed by atoms with Gasteiger partial charge in [-0.25, -0.2) is 14.1 Å². The molecule has 1 unspecified atom stereocenters. The van der Waals surface area contributed by atoms with E-state index in [4.69, 9.17) is 24.3 Å². The predicted molar refractivity (Wildman–Crippen MR) is 143 cm³/mol. The molecule has 1 aliphatic heterocycles. The largest absolute Gasteiger partial charge is 0.462 e. The maximum absolute atomic E-state index is 14.2. The lowest BCUT2D eigenvalue weighted by atomic mass is 9.78. The van der Waals surface area contributed by atoms with Crippen LogP contribution in [0.5, 0.6) is 5.75 Å². The zero-order valence-corrected chi connectivity index (χ0v) is 23.4. The van der Waals surface area contributed by atoms with Crippen LogP contribution in [0.4, 0.5) is 5.82 Å². The number of nitrogens with two attached hydrogens (primary N) is 1. The van der Waals surface area contributed by atoms with Gasteiger partial charge in [0, 0.05) is 0 Å². The van der Waals surface area contributed by atoms with Gasteiger partial charge in [0.1, 0.15) is 47.0 Å². The summed E-state index contributed by atoms with van der Waals surface area (Å²) >= 11 is 0. The van der Waals surface area contributed by atoms with Gasteiger partial charge in [-0.1, -0.05) is 18.2 Å². The molecule has 40 heavy (non-hydrogen) atoms. The summed E-state index contributed by atoms with van der Waals surface area (Å²) in [7, 11) is -4.26. The number of benzene rings is 1. The zero-order valence-electron chi connectivity index (χ0n) is 22.5. The fourth-order valence-corrected chi connectivity index (χ4v) is 6.72. The topological polar surface area (TPSA) is 180 Å². The molecule has 5 rings (SSSR count). The molecule has 3 aromatic rings. The van der Waals surface area contributed by atoms with Gasteiger partial charge in [0.05, 0.1) is 18.4 Å². The van der Waals surface area contributed by atoms with Gasteiger partial charge in [-0.2, -0.15) is 10.2 Å². The third-order valence-corrected chi connectivity index (χ3v) is 8.86. The van der Waals surface area contributed by atoms with Crippen molar-refractivity contribution in [2.24, 2.45) is 0 Å². The molecule has 1 aromatic carbocycles. The van der Waals surface area contributed by atoms with Gasteiger partial charge in [-0.3, -0.25) is 9.32 Å². The van der Waals surface area contributed by atoms with Gasteiger partial charge in [0.15, 0.2) is 5.82 Å². The first kappa shape index (κ1) is 28.5. The summed E-state index contributed by atoms with van der Waals surface area (Å²) in [5.41, 5.74) is 4.10. The first-order valence-electron chi connectivity index (χ1n) is 13.1. The average Bonchev–Trinajstić information content (AvgIpc) is 3.41. The van der Waals surface area contributed by atoms with E-state index in [0.717, 1.165) is 6.42 Å². The Hall–Kier alpha value is -3.06. The first-order valence-corrected chi connectivity index (χ1v) is 14.6. The molecule has 1 saturated carbocycles. The molecule has 0 bridgehead atoms. The summed E-state index contributed by atoms with van der Waals surface area (Å²) in [6.07, 6.45) is -1.43. The van der Waals surface area contributed by atoms with Crippen LogP contribution in [0.25, 0.3) is 5.52 Å². The predicted octanol–water partition coefficient (Wildman–Crippen LogP) is 2.53. The van der Waals surface area contributed by atoms with E-state index in [-0.39, 0.29) is 17.7 Å². The molecule has 2 aromatic heterocycles. The second-order valence-corrected chi connectivity index (χ2v) is 12.3. The van der Waals surface area contributed by atoms with Crippen molar-refractivity contribution >= 4 is 25.1 Å². The smallest absolute Gasteiger partial charge is 0.459 e. The number of nitrogens with zero attached hydrogens (tertiary/aromatic N) is 3. The van der Waals surface area contributed by atoms with Crippen molar-refractivity contribution < 1.29 is 38.1 Å². The number of hydrogen-bond donors (Lipinski definition) is 4. The Morgan fingerprint density at radius 1 is 1.25 bits per heavy atom. The molecule has 1 saturated heterocycles. The average molecular weight is 576 g/mol. The quantitative estimate of drug-likeness (QED) is 0.205. The van der Waals surface area contributed by atoms with Gasteiger partial charge in [0.2, 0.25) is 0 Å². The van der Waals surface area contributed by atoms with E-state index in [1.54, 1.807) is 56.3 Å². The van der Waals surface area contributed by atoms with Crippen LogP contribution < -0.4 is 15.3 Å². The highest BCUT2D eigenvalue weighted by molar-refractivity contribution is 7.52. The third-order valence-electron chi connectivity index (χ3n) is 7.24. The van der Waals surface area contributed by atoms with Crippen molar-refractivity contribution in [2.45, 2.75) is 75.6 Å². The molecule has 2 aliphatic rings. The summed E-state index contributed by atoms with van der Waals surface area (Å²) < 4.78 is 38.9. The lowest BCUT2D eigenvalue weighted by Gasteiger charge is -2.42.